The lowest BCUT2D eigenvalue weighted by Crippen LogP contribution is -2.26. The van der Waals surface area contributed by atoms with E-state index in [1.54, 1.807) is 6.08 Å². The first-order valence-corrected chi connectivity index (χ1v) is 9.96. The number of rotatable bonds is 4. The van der Waals surface area contributed by atoms with E-state index in [1.807, 2.05) is 0 Å². The first kappa shape index (κ1) is 17.8. The van der Waals surface area contributed by atoms with E-state index >= 15 is 0 Å². The topological polar surface area (TPSA) is 17.1 Å². The van der Waals surface area contributed by atoms with Crippen molar-refractivity contribution in [2.24, 2.45) is 0 Å². The van der Waals surface area contributed by atoms with Gasteiger partial charge in [-0.3, -0.25) is 0 Å². The van der Waals surface area contributed by atoms with Crippen LogP contribution in [0.2, 0.25) is 0 Å². The molecule has 0 saturated carbocycles. The molecule has 0 aromatic heterocycles. The lowest BCUT2D eigenvalue weighted by Gasteiger charge is -2.26. The molecule has 1 nitrogen and oxygen atoms in total. The van der Waals surface area contributed by atoms with E-state index in [9.17, 15) is 4.57 Å². The van der Waals surface area contributed by atoms with Crippen molar-refractivity contribution < 1.29 is 4.57 Å². The molecule has 0 heterocycles. The predicted octanol–water partition coefficient (Wildman–Crippen LogP) is 5.04. The lowest BCUT2D eigenvalue weighted by molar-refractivity contribution is 0.588. The average Bonchev–Trinajstić information content (AvgIpc) is 2.35. The Morgan fingerprint density at radius 3 is 1.35 bits per heavy atom. The van der Waals surface area contributed by atoms with Crippen molar-refractivity contribution in [2.45, 2.75) is 41.5 Å². The van der Waals surface area contributed by atoms with Gasteiger partial charge in [-0.25, -0.2) is 0 Å². The summed E-state index contributed by atoms with van der Waals surface area (Å²) in [4.78, 5) is 0. The van der Waals surface area contributed by atoms with Crippen LogP contribution in [0.5, 0.6) is 0 Å². The van der Waals surface area contributed by atoms with Crippen LogP contribution in [-0.2, 0) is 4.57 Å². The fraction of sp³-hybridized carbons (Fsp3) is 0.333. The van der Waals surface area contributed by atoms with Crippen LogP contribution in [-0.4, -0.2) is 6.16 Å². The van der Waals surface area contributed by atoms with Crippen molar-refractivity contribution in [1.29, 1.82) is 0 Å². The van der Waals surface area contributed by atoms with Gasteiger partial charge in [-0.1, -0.05) is 41.5 Å². The summed E-state index contributed by atoms with van der Waals surface area (Å²) in [5.74, 6) is 0. The van der Waals surface area contributed by atoms with Crippen molar-refractivity contribution >= 4 is 17.8 Å². The molecule has 0 amide bonds. The summed E-state index contributed by atoms with van der Waals surface area (Å²) >= 11 is 0. The second-order valence-corrected chi connectivity index (χ2v) is 9.44. The summed E-state index contributed by atoms with van der Waals surface area (Å²) in [5, 5.41) is 2.02. The molecule has 23 heavy (non-hydrogen) atoms. The Labute approximate surface area is 140 Å². The third-order valence-corrected chi connectivity index (χ3v) is 8.01. The van der Waals surface area contributed by atoms with Gasteiger partial charge in [0.1, 0.15) is 7.14 Å². The smallest absolute Gasteiger partial charge is 0.147 e. The molecule has 0 aliphatic carbocycles. The van der Waals surface area contributed by atoms with E-state index in [2.05, 4.69) is 72.4 Å². The minimum absolute atomic E-state index is 0.502. The summed E-state index contributed by atoms with van der Waals surface area (Å²) < 4.78 is 14.3. The van der Waals surface area contributed by atoms with E-state index in [4.69, 9.17) is 0 Å². The highest BCUT2D eigenvalue weighted by Crippen LogP contribution is 2.47. The zero-order valence-corrected chi connectivity index (χ0v) is 16.1. The van der Waals surface area contributed by atoms with Gasteiger partial charge in [0, 0.05) is 16.8 Å². The van der Waals surface area contributed by atoms with Crippen molar-refractivity contribution in [3.63, 3.8) is 0 Å². The summed E-state index contributed by atoms with van der Waals surface area (Å²) in [5.41, 5.74) is 6.90. The van der Waals surface area contributed by atoms with E-state index in [1.165, 1.54) is 11.1 Å². The summed E-state index contributed by atoms with van der Waals surface area (Å²) in [6.07, 6.45) is 2.31. The number of hydrogen-bond donors (Lipinski definition) is 0. The van der Waals surface area contributed by atoms with E-state index < -0.39 is 7.14 Å². The van der Waals surface area contributed by atoms with Gasteiger partial charge in [0.05, 0.1) is 0 Å². The maximum absolute atomic E-state index is 14.3. The molecule has 2 aromatic carbocycles. The van der Waals surface area contributed by atoms with E-state index in [0.29, 0.717) is 6.16 Å². The molecule has 2 heteroatoms. The molecule has 0 spiro atoms. The second kappa shape index (κ2) is 6.49. The Morgan fingerprint density at radius 2 is 1.09 bits per heavy atom. The van der Waals surface area contributed by atoms with Crippen molar-refractivity contribution in [1.82, 2.24) is 0 Å². The highest BCUT2D eigenvalue weighted by Gasteiger charge is 2.32. The molecule has 0 aliphatic heterocycles. The summed E-state index contributed by atoms with van der Waals surface area (Å²) in [6.45, 7) is 16.3. The van der Waals surface area contributed by atoms with Crippen LogP contribution in [0, 0.1) is 41.5 Å². The Hall–Kier alpha value is -1.59. The molecule has 2 rings (SSSR count). The Bertz CT molecular complexity index is 707. The van der Waals surface area contributed by atoms with Gasteiger partial charge in [0.25, 0.3) is 0 Å². The predicted molar refractivity (Wildman–Crippen MR) is 103 cm³/mol. The second-order valence-electron chi connectivity index (χ2n) is 6.71. The van der Waals surface area contributed by atoms with Crippen molar-refractivity contribution in [3.8, 4) is 0 Å². The van der Waals surface area contributed by atoms with Gasteiger partial charge in [0.2, 0.25) is 0 Å². The Morgan fingerprint density at radius 1 is 0.783 bits per heavy atom. The molecular formula is C21H27OP. The van der Waals surface area contributed by atoms with Crippen LogP contribution in [0.3, 0.4) is 0 Å². The molecule has 0 unspecified atom stereocenters. The van der Waals surface area contributed by atoms with Gasteiger partial charge in [-0.2, -0.15) is 0 Å². The molecule has 2 aromatic rings. The molecular weight excluding hydrogens is 299 g/mol. The first-order chi connectivity index (χ1) is 10.7. The normalized spacial score (nSPS) is 11.6. The number of hydrogen-bond acceptors (Lipinski definition) is 1. The fourth-order valence-corrected chi connectivity index (χ4v) is 7.45. The van der Waals surface area contributed by atoms with Gasteiger partial charge >= 0.3 is 0 Å². The SMILES string of the molecule is C=CCP(=O)(c1c(C)cc(C)cc1C)c1c(C)cc(C)cc1C. The largest absolute Gasteiger partial charge is 0.313 e. The summed E-state index contributed by atoms with van der Waals surface area (Å²) in [6, 6.07) is 8.54. The van der Waals surface area contributed by atoms with Gasteiger partial charge < -0.3 is 4.57 Å². The molecule has 0 radical (unpaired) electrons. The van der Waals surface area contributed by atoms with Gasteiger partial charge in [-0.05, 0) is 63.8 Å². The molecule has 0 N–H and O–H groups in total. The van der Waals surface area contributed by atoms with Crippen molar-refractivity contribution in [3.05, 3.63) is 70.3 Å². The van der Waals surface area contributed by atoms with Crippen LogP contribution in [0.1, 0.15) is 33.4 Å². The van der Waals surface area contributed by atoms with Crippen LogP contribution < -0.4 is 10.6 Å². The zero-order chi connectivity index (χ0) is 17.4. The summed E-state index contributed by atoms with van der Waals surface area (Å²) in [7, 11) is -2.73. The fourth-order valence-electron chi connectivity index (χ4n) is 3.96. The van der Waals surface area contributed by atoms with Gasteiger partial charge in [0.15, 0.2) is 0 Å². The van der Waals surface area contributed by atoms with Crippen LogP contribution in [0.25, 0.3) is 0 Å². The third kappa shape index (κ3) is 3.21. The van der Waals surface area contributed by atoms with Crippen LogP contribution in [0.4, 0.5) is 0 Å². The minimum atomic E-state index is -2.73. The average molecular weight is 326 g/mol. The zero-order valence-electron chi connectivity index (χ0n) is 15.2. The Kier molecular flexibility index (Phi) is 5.01. The Balaban J connectivity index is 2.87. The molecule has 0 bridgehead atoms. The molecule has 0 fully saturated rings. The molecule has 0 aliphatic rings. The number of allylic oxidation sites excluding steroid dienone is 1. The first-order valence-electron chi connectivity index (χ1n) is 8.07. The maximum Gasteiger partial charge on any atom is 0.147 e. The van der Waals surface area contributed by atoms with Crippen molar-refractivity contribution in [2.75, 3.05) is 6.16 Å². The molecule has 0 saturated heterocycles. The van der Waals surface area contributed by atoms with E-state index in [-0.39, 0.29) is 0 Å². The quantitative estimate of drug-likeness (QED) is 0.568. The highest BCUT2D eigenvalue weighted by atomic mass is 31.2. The van der Waals surface area contributed by atoms with Gasteiger partial charge in [-0.15, -0.1) is 6.58 Å². The molecule has 0 atom stereocenters. The molecule has 122 valence electrons. The highest BCUT2D eigenvalue weighted by molar-refractivity contribution is 7.79. The van der Waals surface area contributed by atoms with E-state index in [0.717, 1.165) is 32.9 Å². The maximum atomic E-state index is 14.3. The standard InChI is InChI=1S/C21H27OP/c1-8-9-23(22,20-16(4)10-14(2)11-17(20)5)21-18(6)12-15(3)13-19(21)7/h8,10-13H,1,9H2,2-7H3. The van der Waals surface area contributed by atoms with Crippen LogP contribution in [0.15, 0.2) is 36.9 Å². The minimum Gasteiger partial charge on any atom is -0.313 e. The monoisotopic (exact) mass is 326 g/mol. The lowest BCUT2D eigenvalue weighted by atomic mass is 10.1. The number of benzene rings is 2. The van der Waals surface area contributed by atoms with Crippen LogP contribution >= 0.6 is 7.14 Å². The third-order valence-electron chi connectivity index (χ3n) is 4.38. The number of aryl methyl sites for hydroxylation is 6.